The molecular formula is C16H19NO3. The molecule has 20 heavy (non-hydrogen) atoms. The van der Waals surface area contributed by atoms with Gasteiger partial charge in [-0.15, -0.1) is 0 Å². The number of amides is 1. The van der Waals surface area contributed by atoms with E-state index >= 15 is 0 Å². The Balaban J connectivity index is 2.12. The third-order valence-corrected chi connectivity index (χ3v) is 3.30. The van der Waals surface area contributed by atoms with Crippen LogP contribution in [0.5, 0.6) is 0 Å². The zero-order chi connectivity index (χ0) is 14.4. The van der Waals surface area contributed by atoms with Gasteiger partial charge in [-0.25, -0.2) is 0 Å². The van der Waals surface area contributed by atoms with Gasteiger partial charge in [0, 0.05) is 24.2 Å². The van der Waals surface area contributed by atoms with Gasteiger partial charge in [-0.2, -0.15) is 0 Å². The Labute approximate surface area is 119 Å². The molecule has 0 aliphatic carbocycles. The maximum atomic E-state index is 12.5. The summed E-state index contributed by atoms with van der Waals surface area (Å²) in [5.41, 5.74) is 1.37. The number of nitrogens with zero attached hydrogens (tertiary/aromatic N) is 1. The molecule has 1 unspecified atom stereocenters. The maximum absolute atomic E-state index is 12.5. The zero-order valence-corrected chi connectivity index (χ0v) is 11.6. The highest BCUT2D eigenvalue weighted by atomic mass is 16.5. The fourth-order valence-electron chi connectivity index (χ4n) is 2.20. The summed E-state index contributed by atoms with van der Waals surface area (Å²) in [5, 5.41) is 8.70. The average molecular weight is 273 g/mol. The molecule has 0 saturated carbocycles. The van der Waals surface area contributed by atoms with Crippen LogP contribution in [0.3, 0.4) is 0 Å². The first kappa shape index (κ1) is 14.6. The van der Waals surface area contributed by atoms with Crippen molar-refractivity contribution in [1.29, 1.82) is 0 Å². The molecule has 1 aromatic rings. The van der Waals surface area contributed by atoms with E-state index in [4.69, 9.17) is 9.84 Å². The van der Waals surface area contributed by atoms with Gasteiger partial charge in [0.25, 0.3) is 5.91 Å². The number of ether oxygens (including phenoxy) is 1. The summed E-state index contributed by atoms with van der Waals surface area (Å²) >= 11 is 0. The zero-order valence-electron chi connectivity index (χ0n) is 11.6. The van der Waals surface area contributed by atoms with Crippen LogP contribution in [0.1, 0.15) is 29.3 Å². The third-order valence-electron chi connectivity index (χ3n) is 3.30. The summed E-state index contributed by atoms with van der Waals surface area (Å²) in [6, 6.07) is 7.20. The lowest BCUT2D eigenvalue weighted by molar-refractivity contribution is -0.0226. The summed E-state index contributed by atoms with van der Waals surface area (Å²) in [7, 11) is 0. The summed E-state index contributed by atoms with van der Waals surface area (Å²) in [4.78, 5) is 14.3. The molecule has 2 rings (SSSR count). The summed E-state index contributed by atoms with van der Waals surface area (Å²) in [6.07, 6.45) is 1.04. The Kier molecular flexibility index (Phi) is 5.16. The minimum atomic E-state index is -0.181. The molecule has 1 aromatic carbocycles. The molecule has 1 aliphatic rings. The topological polar surface area (TPSA) is 49.8 Å². The number of aliphatic hydroxyl groups excluding tert-OH is 1. The van der Waals surface area contributed by atoms with E-state index in [-0.39, 0.29) is 18.6 Å². The number of hydrogen-bond donors (Lipinski definition) is 1. The van der Waals surface area contributed by atoms with Crippen LogP contribution in [-0.4, -0.2) is 48.3 Å². The molecule has 1 saturated heterocycles. The second-order valence-corrected chi connectivity index (χ2v) is 4.69. The molecule has 0 radical (unpaired) electrons. The number of aliphatic hydroxyl groups is 1. The Morgan fingerprint density at radius 2 is 2.40 bits per heavy atom. The van der Waals surface area contributed by atoms with Gasteiger partial charge in [-0.1, -0.05) is 24.8 Å². The Morgan fingerprint density at radius 3 is 3.15 bits per heavy atom. The Bertz CT molecular complexity index is 530. The molecule has 1 fully saturated rings. The fraction of sp³-hybridized carbons (Fsp3) is 0.438. The lowest BCUT2D eigenvalue weighted by atomic mass is 10.1. The molecule has 1 atom stereocenters. The smallest absolute Gasteiger partial charge is 0.254 e. The number of benzene rings is 1. The van der Waals surface area contributed by atoms with E-state index in [9.17, 15) is 4.79 Å². The largest absolute Gasteiger partial charge is 0.384 e. The molecule has 4 heteroatoms. The minimum absolute atomic E-state index is 0.0133. The third kappa shape index (κ3) is 3.60. The van der Waals surface area contributed by atoms with Gasteiger partial charge in [0.05, 0.1) is 12.7 Å². The van der Waals surface area contributed by atoms with Gasteiger partial charge in [0.1, 0.15) is 6.61 Å². The highest BCUT2D eigenvalue weighted by Gasteiger charge is 2.23. The van der Waals surface area contributed by atoms with Crippen LogP contribution in [-0.2, 0) is 4.74 Å². The fourth-order valence-corrected chi connectivity index (χ4v) is 2.20. The van der Waals surface area contributed by atoms with Gasteiger partial charge in [-0.3, -0.25) is 4.79 Å². The molecule has 0 spiro atoms. The van der Waals surface area contributed by atoms with E-state index < -0.39 is 0 Å². The number of hydrogen-bond acceptors (Lipinski definition) is 3. The quantitative estimate of drug-likeness (QED) is 0.826. The summed E-state index contributed by atoms with van der Waals surface area (Å²) in [6.45, 7) is 3.74. The standard InChI is InChI=1S/C16H19NO3/c1-2-15-12-17(8-10-20-15)16(19)14-7-3-5-13(11-14)6-4-9-18/h3,5,7,11,15,18H,2,8-10,12H2,1H3. The van der Waals surface area contributed by atoms with Crippen molar-refractivity contribution < 1.29 is 14.6 Å². The second kappa shape index (κ2) is 7.09. The minimum Gasteiger partial charge on any atom is -0.384 e. The van der Waals surface area contributed by atoms with Gasteiger partial charge < -0.3 is 14.7 Å². The van der Waals surface area contributed by atoms with Crippen LogP contribution in [0.15, 0.2) is 24.3 Å². The molecule has 0 bridgehead atoms. The lowest BCUT2D eigenvalue weighted by Crippen LogP contribution is -2.45. The van der Waals surface area contributed by atoms with Crippen molar-refractivity contribution in [2.24, 2.45) is 0 Å². The van der Waals surface area contributed by atoms with E-state index in [1.165, 1.54) is 0 Å². The van der Waals surface area contributed by atoms with Crippen molar-refractivity contribution in [3.63, 3.8) is 0 Å². The van der Waals surface area contributed by atoms with Crippen molar-refractivity contribution in [1.82, 2.24) is 4.90 Å². The Morgan fingerprint density at radius 1 is 1.55 bits per heavy atom. The van der Waals surface area contributed by atoms with Crippen molar-refractivity contribution in [3.05, 3.63) is 35.4 Å². The molecule has 106 valence electrons. The van der Waals surface area contributed by atoms with E-state index in [0.717, 1.165) is 12.0 Å². The Hall–Kier alpha value is -1.83. The summed E-state index contributed by atoms with van der Waals surface area (Å²) in [5.74, 6) is 5.42. The maximum Gasteiger partial charge on any atom is 0.254 e. The normalized spacial score (nSPS) is 18.3. The van der Waals surface area contributed by atoms with Crippen molar-refractivity contribution in [2.75, 3.05) is 26.3 Å². The SMILES string of the molecule is CCC1CN(C(=O)c2cccc(C#CCO)c2)CCO1. The van der Waals surface area contributed by atoms with Gasteiger partial charge >= 0.3 is 0 Å². The second-order valence-electron chi connectivity index (χ2n) is 4.69. The van der Waals surface area contributed by atoms with E-state index in [1.54, 1.807) is 12.1 Å². The first-order valence-corrected chi connectivity index (χ1v) is 6.85. The van der Waals surface area contributed by atoms with Gasteiger partial charge in [0.15, 0.2) is 0 Å². The summed E-state index contributed by atoms with van der Waals surface area (Å²) < 4.78 is 5.58. The van der Waals surface area contributed by atoms with E-state index in [0.29, 0.717) is 25.3 Å². The first-order valence-electron chi connectivity index (χ1n) is 6.85. The number of morpholine rings is 1. The van der Waals surface area contributed by atoms with Crippen LogP contribution in [0.25, 0.3) is 0 Å². The predicted octanol–water partition coefficient (Wildman–Crippen LogP) is 1.28. The highest BCUT2D eigenvalue weighted by molar-refractivity contribution is 5.94. The molecule has 1 heterocycles. The van der Waals surface area contributed by atoms with Crippen LogP contribution in [0, 0.1) is 11.8 Å². The van der Waals surface area contributed by atoms with E-state index in [1.807, 2.05) is 17.0 Å². The van der Waals surface area contributed by atoms with Crippen LogP contribution < -0.4 is 0 Å². The van der Waals surface area contributed by atoms with Crippen LogP contribution in [0.2, 0.25) is 0 Å². The number of rotatable bonds is 2. The monoisotopic (exact) mass is 273 g/mol. The predicted molar refractivity (Wildman–Crippen MR) is 76.3 cm³/mol. The number of carbonyl (C=O) groups excluding carboxylic acids is 1. The van der Waals surface area contributed by atoms with Crippen molar-refractivity contribution >= 4 is 5.91 Å². The van der Waals surface area contributed by atoms with E-state index in [2.05, 4.69) is 18.8 Å². The van der Waals surface area contributed by atoms with Gasteiger partial charge in [-0.05, 0) is 24.6 Å². The highest BCUT2D eigenvalue weighted by Crippen LogP contribution is 2.13. The van der Waals surface area contributed by atoms with Crippen LogP contribution in [0.4, 0.5) is 0 Å². The average Bonchev–Trinajstić information content (AvgIpc) is 2.52. The lowest BCUT2D eigenvalue weighted by Gasteiger charge is -2.32. The molecule has 1 N–H and O–H groups in total. The molecule has 1 amide bonds. The molecule has 0 aromatic heterocycles. The first-order chi connectivity index (χ1) is 9.74. The molecular weight excluding hydrogens is 254 g/mol. The van der Waals surface area contributed by atoms with Crippen molar-refractivity contribution in [3.8, 4) is 11.8 Å². The molecule has 4 nitrogen and oxygen atoms in total. The number of carbonyl (C=O) groups is 1. The van der Waals surface area contributed by atoms with Crippen molar-refractivity contribution in [2.45, 2.75) is 19.4 Å². The van der Waals surface area contributed by atoms with Gasteiger partial charge in [0.2, 0.25) is 0 Å². The van der Waals surface area contributed by atoms with Crippen LogP contribution >= 0.6 is 0 Å². The molecule has 1 aliphatic heterocycles.